The highest BCUT2D eigenvalue weighted by molar-refractivity contribution is 6.42. The van der Waals surface area contributed by atoms with E-state index in [9.17, 15) is 9.59 Å². The van der Waals surface area contributed by atoms with Crippen molar-refractivity contribution in [2.45, 2.75) is 13.5 Å². The van der Waals surface area contributed by atoms with E-state index in [2.05, 4.69) is 5.32 Å². The van der Waals surface area contributed by atoms with Crippen LogP contribution in [-0.4, -0.2) is 6.61 Å². The number of anilines is 1. The van der Waals surface area contributed by atoms with Crippen molar-refractivity contribution >= 4 is 28.9 Å². The van der Waals surface area contributed by atoms with Crippen molar-refractivity contribution < 1.29 is 4.74 Å². The summed E-state index contributed by atoms with van der Waals surface area (Å²) in [4.78, 5) is 22.7. The highest BCUT2D eigenvalue weighted by Crippen LogP contribution is 2.24. The van der Waals surface area contributed by atoms with Crippen LogP contribution in [0.5, 0.6) is 5.75 Å². The molecular weight excluding hydrogens is 289 g/mol. The summed E-state index contributed by atoms with van der Waals surface area (Å²) in [6, 6.07) is 5.16. The van der Waals surface area contributed by atoms with E-state index in [1.54, 1.807) is 25.1 Å². The number of hydrogen-bond acceptors (Lipinski definition) is 4. The monoisotopic (exact) mass is 299 g/mol. The van der Waals surface area contributed by atoms with Crippen molar-refractivity contribution in [3.05, 3.63) is 54.3 Å². The first-order valence-corrected chi connectivity index (χ1v) is 6.44. The average Bonchev–Trinajstić information content (AvgIpc) is 2.41. The molecule has 0 aromatic heterocycles. The molecule has 0 heterocycles. The lowest BCUT2D eigenvalue weighted by Gasteiger charge is -2.13. The summed E-state index contributed by atoms with van der Waals surface area (Å²) in [6.07, 6.45) is 0. The number of hydrogen-bond donors (Lipinski definition) is 1. The fourth-order valence-electron chi connectivity index (χ4n) is 1.65. The Morgan fingerprint density at radius 1 is 1.16 bits per heavy atom. The van der Waals surface area contributed by atoms with Gasteiger partial charge in [0.25, 0.3) is 10.9 Å². The predicted molar refractivity (Wildman–Crippen MR) is 76.3 cm³/mol. The van der Waals surface area contributed by atoms with Crippen molar-refractivity contribution in [1.29, 1.82) is 0 Å². The van der Waals surface area contributed by atoms with E-state index in [4.69, 9.17) is 27.9 Å². The second kappa shape index (κ2) is 5.63. The van der Waals surface area contributed by atoms with Crippen LogP contribution in [0.2, 0.25) is 10.0 Å². The van der Waals surface area contributed by atoms with Crippen molar-refractivity contribution in [2.75, 3.05) is 11.9 Å². The molecule has 0 amide bonds. The Kier molecular flexibility index (Phi) is 4.12. The van der Waals surface area contributed by atoms with Gasteiger partial charge >= 0.3 is 0 Å². The number of ether oxygens (including phenoxy) is 1. The van der Waals surface area contributed by atoms with E-state index >= 15 is 0 Å². The van der Waals surface area contributed by atoms with E-state index in [0.29, 0.717) is 23.2 Å². The minimum Gasteiger partial charge on any atom is -0.488 e. The van der Waals surface area contributed by atoms with Crippen molar-refractivity contribution in [3.63, 3.8) is 0 Å². The molecular formula is C13H11Cl2NO3. The molecule has 0 aliphatic heterocycles. The van der Waals surface area contributed by atoms with Gasteiger partial charge < -0.3 is 10.1 Å². The zero-order valence-electron chi connectivity index (χ0n) is 10.1. The van der Waals surface area contributed by atoms with Crippen LogP contribution in [0, 0.1) is 0 Å². The Morgan fingerprint density at radius 2 is 1.89 bits per heavy atom. The van der Waals surface area contributed by atoms with Crippen LogP contribution in [0.4, 0.5) is 5.69 Å². The molecule has 4 nitrogen and oxygen atoms in total. The summed E-state index contributed by atoms with van der Waals surface area (Å²) < 4.78 is 5.10. The summed E-state index contributed by atoms with van der Waals surface area (Å²) in [5, 5.41) is 3.79. The van der Waals surface area contributed by atoms with Gasteiger partial charge in [-0.1, -0.05) is 29.3 Å². The maximum absolute atomic E-state index is 11.4. The molecule has 0 saturated carbocycles. The predicted octanol–water partition coefficient (Wildman–Crippen LogP) is 2.60. The van der Waals surface area contributed by atoms with Gasteiger partial charge in [0.15, 0.2) is 5.75 Å². The fraction of sp³-hybridized carbons (Fsp3) is 0.231. The SMILES string of the molecule is CCOc1c(NCc2ccc(Cl)c(Cl)c2)c(=O)c1=O. The topological polar surface area (TPSA) is 55.4 Å². The summed E-state index contributed by atoms with van der Waals surface area (Å²) >= 11 is 11.7. The van der Waals surface area contributed by atoms with Crippen LogP contribution in [0.3, 0.4) is 0 Å². The Hall–Kier alpha value is -1.52. The van der Waals surface area contributed by atoms with Gasteiger partial charge in [-0.05, 0) is 24.6 Å². The van der Waals surface area contributed by atoms with E-state index in [-0.39, 0.29) is 11.4 Å². The molecule has 0 radical (unpaired) electrons. The summed E-state index contributed by atoms with van der Waals surface area (Å²) in [5.41, 5.74) is -0.0650. The second-order valence-corrected chi connectivity index (χ2v) is 4.71. The quantitative estimate of drug-likeness (QED) is 0.862. The van der Waals surface area contributed by atoms with Crippen LogP contribution >= 0.6 is 23.2 Å². The lowest BCUT2D eigenvalue weighted by Crippen LogP contribution is -2.35. The van der Waals surface area contributed by atoms with Crippen LogP contribution in [0.1, 0.15) is 12.5 Å². The molecule has 100 valence electrons. The minimum atomic E-state index is -0.585. The maximum Gasteiger partial charge on any atom is 0.272 e. The molecule has 2 aromatic carbocycles. The summed E-state index contributed by atoms with van der Waals surface area (Å²) in [7, 11) is 0. The van der Waals surface area contributed by atoms with Gasteiger partial charge in [0.1, 0.15) is 5.69 Å². The number of nitrogens with one attached hydrogen (secondary N) is 1. The van der Waals surface area contributed by atoms with E-state index in [1.165, 1.54) is 0 Å². The molecule has 6 heteroatoms. The molecule has 0 spiro atoms. The van der Waals surface area contributed by atoms with Crippen LogP contribution in [0.15, 0.2) is 27.8 Å². The zero-order chi connectivity index (χ0) is 14.0. The van der Waals surface area contributed by atoms with E-state index in [0.717, 1.165) is 5.56 Å². The zero-order valence-corrected chi connectivity index (χ0v) is 11.6. The third-order valence-corrected chi connectivity index (χ3v) is 3.35. The van der Waals surface area contributed by atoms with Crippen LogP contribution < -0.4 is 20.9 Å². The van der Waals surface area contributed by atoms with Gasteiger partial charge in [0.2, 0.25) is 0 Å². The lowest BCUT2D eigenvalue weighted by atomic mass is 10.2. The van der Waals surface area contributed by atoms with Crippen molar-refractivity contribution in [3.8, 4) is 5.75 Å². The largest absolute Gasteiger partial charge is 0.488 e. The first-order chi connectivity index (χ1) is 9.04. The van der Waals surface area contributed by atoms with Crippen molar-refractivity contribution in [1.82, 2.24) is 0 Å². The second-order valence-electron chi connectivity index (χ2n) is 3.90. The van der Waals surface area contributed by atoms with Gasteiger partial charge in [-0.25, -0.2) is 0 Å². The third kappa shape index (κ3) is 2.74. The van der Waals surface area contributed by atoms with Crippen LogP contribution in [-0.2, 0) is 6.54 Å². The average molecular weight is 300 g/mol. The third-order valence-electron chi connectivity index (χ3n) is 2.61. The molecule has 0 aliphatic carbocycles. The van der Waals surface area contributed by atoms with Crippen LogP contribution in [0.25, 0.3) is 0 Å². The molecule has 19 heavy (non-hydrogen) atoms. The normalized spacial score (nSPS) is 10.7. The molecule has 1 N–H and O–H groups in total. The van der Waals surface area contributed by atoms with Gasteiger partial charge in [-0.15, -0.1) is 0 Å². The molecule has 0 aliphatic rings. The Balaban J connectivity index is 2.11. The van der Waals surface area contributed by atoms with E-state index in [1.807, 2.05) is 0 Å². The standard InChI is InChI=1S/C13H11Cl2NO3/c1-2-19-13-10(11(17)12(13)18)16-6-7-3-4-8(14)9(15)5-7/h3-5,16H,2,6H2,1H3. The highest BCUT2D eigenvalue weighted by atomic mass is 35.5. The first-order valence-electron chi connectivity index (χ1n) is 5.68. The van der Waals surface area contributed by atoms with E-state index < -0.39 is 10.9 Å². The molecule has 2 aromatic rings. The highest BCUT2D eigenvalue weighted by Gasteiger charge is 2.21. The first kappa shape index (κ1) is 13.9. The molecule has 0 saturated heterocycles. The summed E-state index contributed by atoms with van der Waals surface area (Å²) in [6.45, 7) is 2.45. The minimum absolute atomic E-state index is 0.104. The lowest BCUT2D eigenvalue weighted by molar-refractivity contribution is 0.334. The van der Waals surface area contributed by atoms with Gasteiger partial charge in [-0.2, -0.15) is 0 Å². The molecule has 0 fully saturated rings. The molecule has 0 unspecified atom stereocenters. The van der Waals surface area contributed by atoms with Gasteiger partial charge in [0, 0.05) is 6.54 Å². The number of benzene rings is 1. The number of rotatable bonds is 5. The summed E-state index contributed by atoms with van der Waals surface area (Å²) in [5.74, 6) is 0.104. The Morgan fingerprint density at radius 3 is 2.53 bits per heavy atom. The molecule has 0 atom stereocenters. The number of halogens is 2. The molecule has 0 bridgehead atoms. The Labute approximate surface area is 119 Å². The fourth-order valence-corrected chi connectivity index (χ4v) is 1.97. The Bertz CT molecular complexity index is 675. The van der Waals surface area contributed by atoms with Crippen molar-refractivity contribution in [2.24, 2.45) is 0 Å². The van der Waals surface area contributed by atoms with Gasteiger partial charge in [0.05, 0.1) is 16.7 Å². The molecule has 2 rings (SSSR count). The van der Waals surface area contributed by atoms with Gasteiger partial charge in [-0.3, -0.25) is 9.59 Å². The smallest absolute Gasteiger partial charge is 0.272 e. The maximum atomic E-state index is 11.4.